The zero-order valence-electron chi connectivity index (χ0n) is 14.5. The van der Waals surface area contributed by atoms with Gasteiger partial charge < -0.3 is 0 Å². The SMILES string of the molecule is CCC(C)C(CCC#[N+]C)C(Cc1ccccc1)C(C)C. The lowest BCUT2D eigenvalue weighted by Gasteiger charge is -2.34. The van der Waals surface area contributed by atoms with E-state index in [4.69, 9.17) is 0 Å². The van der Waals surface area contributed by atoms with Gasteiger partial charge in [0.05, 0.1) is 6.42 Å². The van der Waals surface area contributed by atoms with Gasteiger partial charge in [-0.3, -0.25) is 0 Å². The zero-order chi connectivity index (χ0) is 15.7. The van der Waals surface area contributed by atoms with Gasteiger partial charge in [0.25, 0.3) is 13.1 Å². The summed E-state index contributed by atoms with van der Waals surface area (Å²) >= 11 is 0. The van der Waals surface area contributed by atoms with Crippen molar-refractivity contribution in [1.82, 2.24) is 0 Å². The molecule has 0 aliphatic heterocycles. The van der Waals surface area contributed by atoms with Crippen LogP contribution in [0, 0.1) is 29.7 Å². The van der Waals surface area contributed by atoms with Crippen molar-refractivity contribution in [2.75, 3.05) is 7.05 Å². The lowest BCUT2D eigenvalue weighted by Crippen LogP contribution is -2.27. The molecule has 0 N–H and O–H groups in total. The Morgan fingerprint density at radius 1 is 1.05 bits per heavy atom. The van der Waals surface area contributed by atoms with Gasteiger partial charge in [0.2, 0.25) is 0 Å². The van der Waals surface area contributed by atoms with Crippen molar-refractivity contribution >= 4 is 0 Å². The van der Waals surface area contributed by atoms with Crippen LogP contribution in [0.5, 0.6) is 0 Å². The molecular weight excluding hydrogens is 254 g/mol. The Hall–Kier alpha value is -1.29. The van der Waals surface area contributed by atoms with Crippen LogP contribution in [0.1, 0.15) is 52.5 Å². The highest BCUT2D eigenvalue weighted by Gasteiger charge is 2.28. The lowest BCUT2D eigenvalue weighted by atomic mass is 9.71. The zero-order valence-corrected chi connectivity index (χ0v) is 14.5. The first kappa shape index (κ1) is 17.8. The summed E-state index contributed by atoms with van der Waals surface area (Å²) < 4.78 is 0. The lowest BCUT2D eigenvalue weighted by molar-refractivity contribution is 0.171. The van der Waals surface area contributed by atoms with Gasteiger partial charge in [-0.2, -0.15) is 0 Å². The molecule has 3 unspecified atom stereocenters. The molecule has 0 heterocycles. The molecule has 3 atom stereocenters. The van der Waals surface area contributed by atoms with Crippen molar-refractivity contribution < 1.29 is 0 Å². The number of rotatable bonds is 8. The van der Waals surface area contributed by atoms with Crippen molar-refractivity contribution in [3.63, 3.8) is 0 Å². The van der Waals surface area contributed by atoms with Crippen molar-refractivity contribution in [2.24, 2.45) is 23.7 Å². The number of hydrogen-bond donors (Lipinski definition) is 0. The summed E-state index contributed by atoms with van der Waals surface area (Å²) in [6.07, 6.45) is 4.65. The van der Waals surface area contributed by atoms with E-state index in [1.165, 1.54) is 24.8 Å². The van der Waals surface area contributed by atoms with E-state index in [1.807, 2.05) is 7.05 Å². The fourth-order valence-electron chi connectivity index (χ4n) is 3.33. The Kier molecular flexibility index (Phi) is 8.13. The van der Waals surface area contributed by atoms with Gasteiger partial charge in [-0.25, -0.2) is 0 Å². The number of benzene rings is 1. The van der Waals surface area contributed by atoms with E-state index in [-0.39, 0.29) is 0 Å². The quantitative estimate of drug-likeness (QED) is 0.560. The number of hydrogen-bond acceptors (Lipinski definition) is 0. The normalized spacial score (nSPS) is 15.1. The third-order valence-electron chi connectivity index (χ3n) is 4.84. The molecule has 21 heavy (non-hydrogen) atoms. The Morgan fingerprint density at radius 3 is 2.24 bits per heavy atom. The third kappa shape index (κ3) is 5.92. The van der Waals surface area contributed by atoms with Crippen LogP contribution in [0.2, 0.25) is 0 Å². The Labute approximate surface area is 131 Å². The van der Waals surface area contributed by atoms with E-state index in [0.717, 1.165) is 24.2 Å². The maximum absolute atomic E-state index is 4.03. The van der Waals surface area contributed by atoms with E-state index in [2.05, 4.69) is 68.9 Å². The predicted molar refractivity (Wildman–Crippen MR) is 93.8 cm³/mol. The molecule has 0 saturated carbocycles. The molecule has 1 rings (SSSR count). The summed E-state index contributed by atoms with van der Waals surface area (Å²) in [5.41, 5.74) is 1.47. The van der Waals surface area contributed by atoms with Crippen molar-refractivity contribution in [1.29, 1.82) is 0 Å². The van der Waals surface area contributed by atoms with Gasteiger partial charge in [0, 0.05) is 0 Å². The van der Waals surface area contributed by atoms with Crippen LogP contribution in [-0.2, 0) is 6.42 Å². The van der Waals surface area contributed by atoms with Crippen molar-refractivity contribution in [2.45, 2.75) is 53.4 Å². The highest BCUT2D eigenvalue weighted by atomic mass is 14.6. The van der Waals surface area contributed by atoms with Gasteiger partial charge in [0.15, 0.2) is 0 Å². The number of nitrogens with zero attached hydrogens (tertiary/aromatic N) is 1. The molecule has 0 aliphatic rings. The molecule has 0 bridgehead atoms. The summed E-state index contributed by atoms with van der Waals surface area (Å²) in [6.45, 7) is 9.48. The molecule has 0 fully saturated rings. The minimum absolute atomic E-state index is 0.711. The monoisotopic (exact) mass is 286 g/mol. The van der Waals surface area contributed by atoms with Gasteiger partial charge >= 0.3 is 0 Å². The summed E-state index contributed by atoms with van der Waals surface area (Å²) in [6, 6.07) is 14.1. The molecular formula is C20H32N+. The van der Waals surface area contributed by atoms with E-state index in [1.54, 1.807) is 0 Å². The Balaban J connectivity index is 2.87. The van der Waals surface area contributed by atoms with Gasteiger partial charge in [-0.15, -0.1) is 0 Å². The van der Waals surface area contributed by atoms with E-state index in [9.17, 15) is 0 Å². The summed E-state index contributed by atoms with van der Waals surface area (Å²) in [5.74, 6) is 2.97. The van der Waals surface area contributed by atoms with Crippen LogP contribution in [0.15, 0.2) is 30.3 Å². The smallest absolute Gasteiger partial charge is 0.0870 e. The summed E-state index contributed by atoms with van der Waals surface area (Å²) in [7, 11) is 1.82. The van der Waals surface area contributed by atoms with Crippen LogP contribution in [0.25, 0.3) is 4.85 Å². The molecule has 1 heteroatoms. The first-order chi connectivity index (χ1) is 10.1. The second-order valence-electron chi connectivity index (χ2n) is 6.57. The van der Waals surface area contributed by atoms with E-state index >= 15 is 0 Å². The van der Waals surface area contributed by atoms with Gasteiger partial charge in [-0.1, -0.05) is 69.3 Å². The van der Waals surface area contributed by atoms with Gasteiger partial charge in [-0.05, 0) is 42.1 Å². The van der Waals surface area contributed by atoms with Crippen molar-refractivity contribution in [3.8, 4) is 6.07 Å². The van der Waals surface area contributed by atoms with Crippen molar-refractivity contribution in [3.05, 3.63) is 40.7 Å². The molecule has 0 amide bonds. The minimum Gasteiger partial charge on any atom is -0.0870 e. The summed E-state index contributed by atoms with van der Waals surface area (Å²) in [4.78, 5) is 4.03. The van der Waals surface area contributed by atoms with Crippen LogP contribution in [0.3, 0.4) is 0 Å². The second-order valence-corrected chi connectivity index (χ2v) is 6.57. The first-order valence-electron chi connectivity index (χ1n) is 8.45. The molecule has 1 aromatic rings. The Bertz CT molecular complexity index is 438. The van der Waals surface area contributed by atoms with E-state index < -0.39 is 0 Å². The molecule has 1 aromatic carbocycles. The topological polar surface area (TPSA) is 4.36 Å². The minimum atomic E-state index is 0.711. The molecule has 0 aromatic heterocycles. The third-order valence-corrected chi connectivity index (χ3v) is 4.84. The average Bonchev–Trinajstić information content (AvgIpc) is 2.50. The van der Waals surface area contributed by atoms with Crippen LogP contribution in [-0.4, -0.2) is 7.05 Å². The van der Waals surface area contributed by atoms with E-state index in [0.29, 0.717) is 5.92 Å². The Morgan fingerprint density at radius 2 is 1.71 bits per heavy atom. The molecule has 0 spiro atoms. The fourth-order valence-corrected chi connectivity index (χ4v) is 3.33. The largest absolute Gasteiger partial charge is 0.272 e. The highest BCUT2D eigenvalue weighted by molar-refractivity contribution is 5.15. The van der Waals surface area contributed by atoms with Crippen LogP contribution in [0.4, 0.5) is 0 Å². The molecule has 116 valence electrons. The second kappa shape index (κ2) is 9.61. The maximum Gasteiger partial charge on any atom is 0.272 e. The maximum atomic E-state index is 4.03. The molecule has 0 radical (unpaired) electrons. The average molecular weight is 286 g/mol. The molecule has 1 nitrogen and oxygen atoms in total. The summed E-state index contributed by atoms with van der Waals surface area (Å²) in [5, 5.41) is 0. The van der Waals surface area contributed by atoms with Gasteiger partial charge in [0.1, 0.15) is 0 Å². The standard InChI is InChI=1S/C20H32N/c1-6-17(4)19(13-10-14-21-5)20(16(2)3)15-18-11-8-7-9-12-18/h7-9,11-12,16-17,19-20H,6,10,13,15H2,1-5H3/q+1. The first-order valence-corrected chi connectivity index (χ1v) is 8.45. The highest BCUT2D eigenvalue weighted by Crippen LogP contribution is 2.35. The van der Waals surface area contributed by atoms with Crippen LogP contribution < -0.4 is 0 Å². The molecule has 0 aliphatic carbocycles. The predicted octanol–water partition coefficient (Wildman–Crippen LogP) is 5.91. The molecule has 0 saturated heterocycles. The fraction of sp³-hybridized carbons (Fsp3) is 0.650. The van der Waals surface area contributed by atoms with Crippen LogP contribution >= 0.6 is 0 Å².